The first-order valence-electron chi connectivity index (χ1n) is 11.2. The Bertz CT molecular complexity index is 1240. The van der Waals surface area contributed by atoms with Gasteiger partial charge in [0.2, 0.25) is 0 Å². The normalized spacial score (nSPS) is 19.6. The van der Waals surface area contributed by atoms with E-state index in [9.17, 15) is 14.7 Å². The molecule has 0 unspecified atom stereocenters. The number of hydrogen-bond donors (Lipinski definition) is 2. The fourth-order valence-corrected chi connectivity index (χ4v) is 4.98. The van der Waals surface area contributed by atoms with Crippen molar-refractivity contribution in [2.45, 2.75) is 31.6 Å². The largest absolute Gasteiger partial charge is 0.504 e. The molecule has 0 fully saturated rings. The summed E-state index contributed by atoms with van der Waals surface area (Å²) in [6, 6.07) is 10.6. The second kappa shape index (κ2) is 9.74. The van der Waals surface area contributed by atoms with Crippen molar-refractivity contribution in [2.75, 3.05) is 28.4 Å². The number of aromatic hydroxyl groups is 1. The van der Waals surface area contributed by atoms with Crippen LogP contribution in [0.4, 0.5) is 0 Å². The molecule has 184 valence electrons. The van der Waals surface area contributed by atoms with Crippen molar-refractivity contribution < 1.29 is 33.6 Å². The molecule has 35 heavy (non-hydrogen) atoms. The van der Waals surface area contributed by atoms with Gasteiger partial charge in [-0.3, -0.25) is 4.79 Å². The highest BCUT2D eigenvalue weighted by Crippen LogP contribution is 2.47. The monoisotopic (exact) mass is 479 g/mol. The van der Waals surface area contributed by atoms with E-state index in [4.69, 9.17) is 18.9 Å². The number of phenols is 1. The number of carbonyl (C=O) groups is 2. The van der Waals surface area contributed by atoms with Crippen LogP contribution in [0.3, 0.4) is 0 Å². The second-order valence-corrected chi connectivity index (χ2v) is 8.55. The quantitative estimate of drug-likeness (QED) is 0.601. The topological polar surface area (TPSA) is 103 Å². The van der Waals surface area contributed by atoms with Crippen LogP contribution in [-0.4, -0.2) is 45.3 Å². The summed E-state index contributed by atoms with van der Waals surface area (Å²) in [6.45, 7) is 1.79. The van der Waals surface area contributed by atoms with Crippen LogP contribution in [0, 0.1) is 0 Å². The maximum atomic E-state index is 13.6. The van der Waals surface area contributed by atoms with Gasteiger partial charge < -0.3 is 29.4 Å². The number of ketones is 1. The SMILES string of the molecule is COC(=O)C1=C(C)NC2=C(C(=O)C[C@@H](c3ccc(OC)c(OC)c3)C2)[C@@H]1c1ccc(OC)c(O)c1. The first-order chi connectivity index (χ1) is 16.8. The molecule has 0 aromatic heterocycles. The predicted molar refractivity (Wildman–Crippen MR) is 129 cm³/mol. The molecule has 1 heterocycles. The van der Waals surface area contributed by atoms with E-state index >= 15 is 0 Å². The number of esters is 1. The van der Waals surface area contributed by atoms with Gasteiger partial charge in [0, 0.05) is 29.3 Å². The number of nitrogens with one attached hydrogen (secondary N) is 1. The number of benzene rings is 2. The highest BCUT2D eigenvalue weighted by molar-refractivity contribution is 6.04. The van der Waals surface area contributed by atoms with Crippen molar-refractivity contribution in [3.63, 3.8) is 0 Å². The lowest BCUT2D eigenvalue weighted by atomic mass is 9.71. The van der Waals surface area contributed by atoms with Gasteiger partial charge in [-0.05, 0) is 54.7 Å². The maximum absolute atomic E-state index is 13.6. The third-order valence-corrected chi connectivity index (χ3v) is 6.65. The lowest BCUT2D eigenvalue weighted by molar-refractivity contribution is -0.136. The summed E-state index contributed by atoms with van der Waals surface area (Å²) in [4.78, 5) is 26.4. The zero-order valence-electron chi connectivity index (χ0n) is 20.4. The van der Waals surface area contributed by atoms with Crippen molar-refractivity contribution >= 4 is 11.8 Å². The first-order valence-corrected chi connectivity index (χ1v) is 11.2. The van der Waals surface area contributed by atoms with Gasteiger partial charge in [0.25, 0.3) is 0 Å². The van der Waals surface area contributed by atoms with E-state index in [0.29, 0.717) is 46.1 Å². The lowest BCUT2D eigenvalue weighted by Crippen LogP contribution is -2.36. The van der Waals surface area contributed by atoms with E-state index in [2.05, 4.69) is 5.32 Å². The number of dihydropyridines is 1. The average Bonchev–Trinajstić information content (AvgIpc) is 2.86. The molecule has 4 rings (SSSR count). The van der Waals surface area contributed by atoms with Crippen molar-refractivity contribution in [3.05, 3.63) is 70.1 Å². The summed E-state index contributed by atoms with van der Waals surface area (Å²) in [6.07, 6.45) is 0.836. The van der Waals surface area contributed by atoms with Crippen molar-refractivity contribution in [1.82, 2.24) is 5.32 Å². The highest BCUT2D eigenvalue weighted by Gasteiger charge is 2.41. The Morgan fingerprint density at radius 2 is 1.57 bits per heavy atom. The summed E-state index contributed by atoms with van der Waals surface area (Å²) >= 11 is 0. The summed E-state index contributed by atoms with van der Waals surface area (Å²) in [7, 11) is 5.93. The molecule has 2 aromatic rings. The van der Waals surface area contributed by atoms with Gasteiger partial charge in [-0.1, -0.05) is 12.1 Å². The molecular weight excluding hydrogens is 450 g/mol. The van der Waals surface area contributed by atoms with E-state index in [1.807, 2.05) is 18.2 Å². The summed E-state index contributed by atoms with van der Waals surface area (Å²) in [5.74, 6) is 0.101. The second-order valence-electron chi connectivity index (χ2n) is 8.55. The minimum Gasteiger partial charge on any atom is -0.504 e. The number of methoxy groups -OCH3 is 4. The Kier molecular flexibility index (Phi) is 6.73. The van der Waals surface area contributed by atoms with Crippen LogP contribution in [0.5, 0.6) is 23.0 Å². The van der Waals surface area contributed by atoms with Crippen LogP contribution in [0.1, 0.15) is 42.7 Å². The summed E-state index contributed by atoms with van der Waals surface area (Å²) < 4.78 is 21.0. The number of hydrogen-bond acceptors (Lipinski definition) is 8. The van der Waals surface area contributed by atoms with Crippen LogP contribution in [0.25, 0.3) is 0 Å². The van der Waals surface area contributed by atoms with Gasteiger partial charge in [-0.2, -0.15) is 0 Å². The molecule has 1 aliphatic heterocycles. The molecule has 0 spiro atoms. The van der Waals surface area contributed by atoms with Gasteiger partial charge in [-0.15, -0.1) is 0 Å². The fourth-order valence-electron chi connectivity index (χ4n) is 4.98. The molecule has 0 bridgehead atoms. The molecule has 0 saturated carbocycles. The fraction of sp³-hybridized carbons (Fsp3) is 0.333. The molecule has 2 aromatic carbocycles. The van der Waals surface area contributed by atoms with Gasteiger partial charge in [0.15, 0.2) is 28.8 Å². The Labute approximate surface area is 204 Å². The van der Waals surface area contributed by atoms with Gasteiger partial charge >= 0.3 is 5.97 Å². The van der Waals surface area contributed by atoms with Gasteiger partial charge in [0.1, 0.15) is 0 Å². The number of carbonyl (C=O) groups excluding carboxylic acids is 2. The predicted octanol–water partition coefficient (Wildman–Crippen LogP) is 3.95. The Hall–Kier alpha value is -3.94. The third kappa shape index (κ3) is 4.32. The molecule has 8 heteroatoms. The number of phenolic OH excluding ortho intramolecular Hbond substituents is 1. The van der Waals surface area contributed by atoms with E-state index in [1.165, 1.54) is 20.3 Å². The van der Waals surface area contributed by atoms with Crippen LogP contribution in [0.2, 0.25) is 0 Å². The van der Waals surface area contributed by atoms with Crippen molar-refractivity contribution in [3.8, 4) is 23.0 Å². The van der Waals surface area contributed by atoms with E-state index < -0.39 is 11.9 Å². The van der Waals surface area contributed by atoms with Crippen LogP contribution < -0.4 is 19.5 Å². The van der Waals surface area contributed by atoms with Crippen LogP contribution in [-0.2, 0) is 14.3 Å². The Balaban J connectivity index is 1.79. The average molecular weight is 480 g/mol. The highest BCUT2D eigenvalue weighted by atomic mass is 16.5. The van der Waals surface area contributed by atoms with E-state index in [0.717, 1.165) is 11.3 Å². The van der Waals surface area contributed by atoms with E-state index in [1.54, 1.807) is 33.3 Å². The number of allylic oxidation sites excluding steroid dienone is 3. The molecule has 1 aliphatic carbocycles. The lowest BCUT2D eigenvalue weighted by Gasteiger charge is -2.36. The minimum absolute atomic E-state index is 0.0704. The number of ether oxygens (including phenoxy) is 4. The number of rotatable bonds is 6. The van der Waals surface area contributed by atoms with Crippen molar-refractivity contribution in [1.29, 1.82) is 0 Å². The molecule has 0 radical (unpaired) electrons. The molecule has 0 saturated heterocycles. The smallest absolute Gasteiger partial charge is 0.336 e. The van der Waals surface area contributed by atoms with E-state index in [-0.39, 0.29) is 23.9 Å². The minimum atomic E-state index is -0.672. The van der Waals surface area contributed by atoms with Crippen LogP contribution >= 0.6 is 0 Å². The molecular formula is C27H29NO7. The summed E-state index contributed by atoms with van der Waals surface area (Å²) in [5, 5.41) is 13.7. The summed E-state index contributed by atoms with van der Waals surface area (Å²) in [5.41, 5.74) is 3.78. The molecule has 2 aliphatic rings. The Morgan fingerprint density at radius 3 is 2.20 bits per heavy atom. The van der Waals surface area contributed by atoms with Gasteiger partial charge in [0.05, 0.1) is 34.0 Å². The number of Topliss-reactive ketones (excluding diaryl/α,β-unsaturated/α-hetero) is 1. The zero-order valence-corrected chi connectivity index (χ0v) is 20.4. The van der Waals surface area contributed by atoms with Crippen molar-refractivity contribution in [2.24, 2.45) is 0 Å². The molecule has 8 nitrogen and oxygen atoms in total. The third-order valence-electron chi connectivity index (χ3n) is 6.65. The zero-order chi connectivity index (χ0) is 25.3. The Morgan fingerprint density at radius 1 is 0.914 bits per heavy atom. The van der Waals surface area contributed by atoms with Crippen LogP contribution in [0.15, 0.2) is 58.9 Å². The first kappa shape index (κ1) is 24.2. The van der Waals surface area contributed by atoms with Gasteiger partial charge in [-0.25, -0.2) is 4.79 Å². The molecule has 2 atom stereocenters. The molecule has 2 N–H and O–H groups in total. The standard InChI is InChI=1S/C27H29NO7/c1-14-24(27(31)35-5)25(16-7-8-21(32-2)19(29)11-16)26-18(28-14)10-17(12-20(26)30)15-6-9-22(33-3)23(13-15)34-4/h6-9,11,13,17,25,28-29H,10,12H2,1-5H3/t17-,25+/m0/s1. The maximum Gasteiger partial charge on any atom is 0.336 e. The molecule has 0 amide bonds.